The van der Waals surface area contributed by atoms with Crippen LogP contribution in [0.25, 0.3) is 0 Å². The average Bonchev–Trinajstić information content (AvgIpc) is 2.35. The Bertz CT molecular complexity index is 436. The molecule has 21 heavy (non-hydrogen) atoms. The summed E-state index contributed by atoms with van der Waals surface area (Å²) in [5.74, 6) is 0.531. The summed E-state index contributed by atoms with van der Waals surface area (Å²) in [7, 11) is 0. The summed E-state index contributed by atoms with van der Waals surface area (Å²) in [6.45, 7) is 8.80. The fraction of sp³-hybridized carbons (Fsp3) is 0.562. The number of amides is 1. The summed E-state index contributed by atoms with van der Waals surface area (Å²) in [4.78, 5) is 11.6. The van der Waals surface area contributed by atoms with E-state index in [2.05, 4.69) is 10.6 Å². The molecule has 1 aromatic rings. The number of carbonyl (C=O) groups excluding carboxylic acids is 1. The van der Waals surface area contributed by atoms with Crippen molar-refractivity contribution in [1.82, 2.24) is 10.6 Å². The van der Waals surface area contributed by atoms with Gasteiger partial charge in [0.25, 0.3) is 5.91 Å². The maximum Gasteiger partial charge on any atom is 0.258 e. The van der Waals surface area contributed by atoms with Crippen LogP contribution in [0.3, 0.4) is 0 Å². The molecule has 1 atom stereocenters. The van der Waals surface area contributed by atoms with Gasteiger partial charge in [-0.2, -0.15) is 0 Å². The van der Waals surface area contributed by atoms with Crippen molar-refractivity contribution in [2.24, 2.45) is 0 Å². The monoisotopic (exact) mass is 294 g/mol. The van der Waals surface area contributed by atoms with E-state index in [9.17, 15) is 4.79 Å². The van der Waals surface area contributed by atoms with Crippen LogP contribution in [0.1, 0.15) is 33.3 Å². The van der Waals surface area contributed by atoms with Gasteiger partial charge in [0.15, 0.2) is 6.61 Å². The average molecular weight is 294 g/mol. The van der Waals surface area contributed by atoms with E-state index >= 15 is 0 Å². The van der Waals surface area contributed by atoms with Crippen LogP contribution in [-0.4, -0.2) is 35.8 Å². The minimum atomic E-state index is -0.353. The topological polar surface area (TPSA) is 70.6 Å². The highest BCUT2D eigenvalue weighted by Gasteiger charge is 2.13. The van der Waals surface area contributed by atoms with Crippen molar-refractivity contribution in [1.29, 1.82) is 0 Å². The van der Waals surface area contributed by atoms with Gasteiger partial charge in [0.05, 0.1) is 6.10 Å². The van der Waals surface area contributed by atoms with Gasteiger partial charge in [0, 0.05) is 18.6 Å². The minimum Gasteiger partial charge on any atom is -0.484 e. The zero-order chi connectivity index (χ0) is 15.9. The normalized spacial score (nSPS) is 12.8. The van der Waals surface area contributed by atoms with Crippen LogP contribution >= 0.6 is 0 Å². The molecule has 1 rings (SSSR count). The Morgan fingerprint density at radius 3 is 2.43 bits per heavy atom. The second-order valence-electron chi connectivity index (χ2n) is 6.21. The molecule has 0 aliphatic heterocycles. The number of aliphatic hydroxyl groups is 1. The standard InChI is InChI=1S/C16H26N2O3/c1-12(19)9-17-10-13-5-7-14(8-6-13)21-11-15(20)18-16(2,3)4/h5-8,12,17,19H,9-11H2,1-4H3,(H,18,20). The van der Waals surface area contributed by atoms with E-state index in [-0.39, 0.29) is 24.2 Å². The number of hydrogen-bond acceptors (Lipinski definition) is 4. The minimum absolute atomic E-state index is 0.0108. The van der Waals surface area contributed by atoms with Gasteiger partial charge < -0.3 is 20.5 Å². The molecule has 5 heteroatoms. The summed E-state index contributed by atoms with van der Waals surface area (Å²) >= 11 is 0. The largest absolute Gasteiger partial charge is 0.484 e. The number of rotatable bonds is 7. The van der Waals surface area contributed by atoms with Crippen molar-refractivity contribution >= 4 is 5.91 Å². The first kappa shape index (κ1) is 17.5. The molecule has 118 valence electrons. The molecule has 5 nitrogen and oxygen atoms in total. The predicted molar refractivity (Wildman–Crippen MR) is 83.2 cm³/mol. The number of carbonyl (C=O) groups is 1. The van der Waals surface area contributed by atoms with Gasteiger partial charge in [0.2, 0.25) is 0 Å². The van der Waals surface area contributed by atoms with Crippen molar-refractivity contribution in [2.75, 3.05) is 13.2 Å². The molecular formula is C16H26N2O3. The van der Waals surface area contributed by atoms with Gasteiger partial charge >= 0.3 is 0 Å². The number of ether oxygens (including phenoxy) is 1. The first-order chi connectivity index (χ1) is 9.76. The summed E-state index contributed by atoms with van der Waals surface area (Å²) in [6.07, 6.45) is -0.353. The third kappa shape index (κ3) is 8.32. The highest BCUT2D eigenvalue weighted by molar-refractivity contribution is 5.78. The van der Waals surface area contributed by atoms with Crippen molar-refractivity contribution in [2.45, 2.75) is 45.9 Å². The first-order valence-electron chi connectivity index (χ1n) is 7.18. The molecule has 0 saturated carbocycles. The van der Waals surface area contributed by atoms with Crippen LogP contribution in [-0.2, 0) is 11.3 Å². The van der Waals surface area contributed by atoms with Crippen molar-refractivity contribution in [3.63, 3.8) is 0 Å². The lowest BCUT2D eigenvalue weighted by Crippen LogP contribution is -2.43. The second-order valence-corrected chi connectivity index (χ2v) is 6.21. The lowest BCUT2D eigenvalue weighted by atomic mass is 10.1. The smallest absolute Gasteiger partial charge is 0.258 e. The summed E-state index contributed by atoms with van der Waals surface area (Å²) in [5.41, 5.74) is 0.849. The molecule has 0 saturated heterocycles. The third-order valence-corrected chi connectivity index (χ3v) is 2.58. The van der Waals surface area contributed by atoms with Crippen LogP contribution < -0.4 is 15.4 Å². The van der Waals surface area contributed by atoms with E-state index in [0.29, 0.717) is 18.8 Å². The van der Waals surface area contributed by atoms with Gasteiger partial charge in [-0.1, -0.05) is 12.1 Å². The Hall–Kier alpha value is -1.59. The molecule has 1 unspecified atom stereocenters. The molecule has 3 N–H and O–H groups in total. The predicted octanol–water partition coefficient (Wildman–Crippen LogP) is 1.45. The van der Waals surface area contributed by atoms with E-state index in [1.807, 2.05) is 45.0 Å². The van der Waals surface area contributed by atoms with E-state index < -0.39 is 0 Å². The molecule has 0 fully saturated rings. The van der Waals surface area contributed by atoms with E-state index in [0.717, 1.165) is 5.56 Å². The molecule has 0 heterocycles. The molecular weight excluding hydrogens is 268 g/mol. The zero-order valence-electron chi connectivity index (χ0n) is 13.3. The Balaban J connectivity index is 2.35. The molecule has 0 spiro atoms. The van der Waals surface area contributed by atoms with Crippen LogP contribution in [0.15, 0.2) is 24.3 Å². The van der Waals surface area contributed by atoms with Crippen LogP contribution in [0.4, 0.5) is 0 Å². The van der Waals surface area contributed by atoms with E-state index in [1.54, 1.807) is 6.92 Å². The molecule has 1 amide bonds. The Morgan fingerprint density at radius 2 is 1.90 bits per heavy atom. The Labute approximate surface area is 126 Å². The van der Waals surface area contributed by atoms with Gasteiger partial charge in [-0.15, -0.1) is 0 Å². The SMILES string of the molecule is CC(O)CNCc1ccc(OCC(=O)NC(C)(C)C)cc1. The second kappa shape index (κ2) is 8.00. The van der Waals surface area contributed by atoms with E-state index in [1.165, 1.54) is 0 Å². The third-order valence-electron chi connectivity index (χ3n) is 2.58. The van der Waals surface area contributed by atoms with E-state index in [4.69, 9.17) is 9.84 Å². The first-order valence-corrected chi connectivity index (χ1v) is 7.18. The lowest BCUT2D eigenvalue weighted by Gasteiger charge is -2.20. The molecule has 0 aliphatic carbocycles. The zero-order valence-corrected chi connectivity index (χ0v) is 13.3. The highest BCUT2D eigenvalue weighted by atomic mass is 16.5. The van der Waals surface area contributed by atoms with Crippen molar-refractivity contribution in [3.05, 3.63) is 29.8 Å². The van der Waals surface area contributed by atoms with Crippen LogP contribution in [0.5, 0.6) is 5.75 Å². The lowest BCUT2D eigenvalue weighted by molar-refractivity contribution is -0.124. The van der Waals surface area contributed by atoms with Crippen LogP contribution in [0.2, 0.25) is 0 Å². The molecule has 0 radical (unpaired) electrons. The number of nitrogens with one attached hydrogen (secondary N) is 2. The molecule has 1 aromatic carbocycles. The maximum absolute atomic E-state index is 11.6. The summed E-state index contributed by atoms with van der Waals surface area (Å²) < 4.78 is 5.44. The molecule has 0 aliphatic rings. The molecule has 0 aromatic heterocycles. The number of aliphatic hydroxyl groups excluding tert-OH is 1. The quantitative estimate of drug-likeness (QED) is 0.712. The van der Waals surface area contributed by atoms with Crippen molar-refractivity contribution < 1.29 is 14.6 Å². The van der Waals surface area contributed by atoms with Crippen molar-refractivity contribution in [3.8, 4) is 5.75 Å². The number of benzene rings is 1. The van der Waals surface area contributed by atoms with Gasteiger partial charge in [0.1, 0.15) is 5.75 Å². The summed E-state index contributed by atoms with van der Waals surface area (Å²) in [5, 5.41) is 15.1. The van der Waals surface area contributed by atoms with Crippen LogP contribution in [0, 0.1) is 0 Å². The highest BCUT2D eigenvalue weighted by Crippen LogP contribution is 2.12. The summed E-state index contributed by atoms with van der Waals surface area (Å²) in [6, 6.07) is 7.55. The van der Waals surface area contributed by atoms with Gasteiger partial charge in [-0.25, -0.2) is 0 Å². The fourth-order valence-corrected chi connectivity index (χ4v) is 1.73. The fourth-order valence-electron chi connectivity index (χ4n) is 1.73. The molecule has 0 bridgehead atoms. The van der Waals surface area contributed by atoms with Gasteiger partial charge in [-0.05, 0) is 45.4 Å². The number of hydrogen-bond donors (Lipinski definition) is 3. The Morgan fingerprint density at radius 1 is 1.29 bits per heavy atom. The Kier molecular flexibility index (Phi) is 6.65. The maximum atomic E-state index is 11.6. The van der Waals surface area contributed by atoms with Gasteiger partial charge in [-0.3, -0.25) is 4.79 Å².